The summed E-state index contributed by atoms with van der Waals surface area (Å²) < 4.78 is 13.0. The average molecular weight is 286 g/mol. The first-order valence-electron chi connectivity index (χ1n) is 7.24. The molecule has 2 rings (SSSR count). The molecule has 2 atom stereocenters. The van der Waals surface area contributed by atoms with Crippen molar-refractivity contribution in [2.45, 2.75) is 32.5 Å². The maximum Gasteiger partial charge on any atom is 0.123 e. The Hall–Kier alpha value is -1.71. The summed E-state index contributed by atoms with van der Waals surface area (Å²) >= 11 is 0. The maximum absolute atomic E-state index is 13.0. The van der Waals surface area contributed by atoms with E-state index in [2.05, 4.69) is 43.1 Å². The molecule has 0 aliphatic rings. The van der Waals surface area contributed by atoms with Crippen molar-refractivity contribution in [1.29, 1.82) is 0 Å². The SMILES string of the molecule is Cc1cccc(C(C(C)N)N(C)Cc2ccc(F)cc2)c1. The van der Waals surface area contributed by atoms with Crippen LogP contribution in [0.4, 0.5) is 4.39 Å². The second-order valence-electron chi connectivity index (χ2n) is 5.76. The highest BCUT2D eigenvalue weighted by Gasteiger charge is 2.21. The van der Waals surface area contributed by atoms with E-state index in [-0.39, 0.29) is 17.9 Å². The van der Waals surface area contributed by atoms with Crippen molar-refractivity contribution in [2.75, 3.05) is 7.05 Å². The Labute approximate surface area is 126 Å². The Balaban J connectivity index is 2.19. The van der Waals surface area contributed by atoms with Crippen LogP contribution in [0.1, 0.15) is 29.7 Å². The van der Waals surface area contributed by atoms with Crippen molar-refractivity contribution in [3.8, 4) is 0 Å². The minimum Gasteiger partial charge on any atom is -0.326 e. The number of likely N-dealkylation sites (N-methyl/N-ethyl adjacent to an activating group) is 1. The van der Waals surface area contributed by atoms with Crippen molar-refractivity contribution in [3.63, 3.8) is 0 Å². The summed E-state index contributed by atoms with van der Waals surface area (Å²) in [5.41, 5.74) is 9.72. The highest BCUT2D eigenvalue weighted by Crippen LogP contribution is 2.24. The maximum atomic E-state index is 13.0. The van der Waals surface area contributed by atoms with Gasteiger partial charge >= 0.3 is 0 Å². The molecule has 21 heavy (non-hydrogen) atoms. The van der Waals surface area contributed by atoms with Gasteiger partial charge in [-0.15, -0.1) is 0 Å². The molecule has 2 nitrogen and oxygen atoms in total. The third-order valence-corrected chi connectivity index (χ3v) is 3.70. The third-order valence-electron chi connectivity index (χ3n) is 3.70. The molecule has 0 saturated heterocycles. The average Bonchev–Trinajstić information content (AvgIpc) is 2.41. The van der Waals surface area contributed by atoms with Crippen LogP contribution in [0.25, 0.3) is 0 Å². The van der Waals surface area contributed by atoms with Gasteiger partial charge in [-0.3, -0.25) is 4.90 Å². The van der Waals surface area contributed by atoms with E-state index in [9.17, 15) is 4.39 Å². The van der Waals surface area contributed by atoms with E-state index in [0.717, 1.165) is 12.1 Å². The lowest BCUT2D eigenvalue weighted by Crippen LogP contribution is -2.37. The molecule has 0 fully saturated rings. The van der Waals surface area contributed by atoms with Crippen LogP contribution in [0, 0.1) is 12.7 Å². The number of nitrogens with zero attached hydrogens (tertiary/aromatic N) is 1. The molecule has 0 aromatic heterocycles. The molecule has 2 N–H and O–H groups in total. The summed E-state index contributed by atoms with van der Waals surface area (Å²) in [7, 11) is 2.06. The van der Waals surface area contributed by atoms with Gasteiger partial charge in [-0.1, -0.05) is 42.0 Å². The van der Waals surface area contributed by atoms with Crippen LogP contribution in [0.2, 0.25) is 0 Å². The number of halogens is 1. The molecule has 0 bridgehead atoms. The molecular formula is C18H23FN2. The Morgan fingerprint density at radius 3 is 2.38 bits per heavy atom. The van der Waals surface area contributed by atoms with Gasteiger partial charge in [-0.2, -0.15) is 0 Å². The highest BCUT2D eigenvalue weighted by atomic mass is 19.1. The normalized spacial score (nSPS) is 14.2. The van der Waals surface area contributed by atoms with Crippen LogP contribution >= 0.6 is 0 Å². The molecule has 3 heteroatoms. The van der Waals surface area contributed by atoms with Gasteiger partial charge in [-0.05, 0) is 44.2 Å². The van der Waals surface area contributed by atoms with Crippen LogP contribution in [-0.2, 0) is 6.54 Å². The van der Waals surface area contributed by atoms with E-state index in [0.29, 0.717) is 0 Å². The van der Waals surface area contributed by atoms with Gasteiger partial charge in [0.1, 0.15) is 5.82 Å². The van der Waals surface area contributed by atoms with Gasteiger partial charge in [-0.25, -0.2) is 4.39 Å². The van der Waals surface area contributed by atoms with E-state index in [4.69, 9.17) is 5.73 Å². The number of rotatable bonds is 5. The fraction of sp³-hybridized carbons (Fsp3) is 0.333. The number of benzene rings is 2. The first-order chi connectivity index (χ1) is 9.97. The minimum atomic E-state index is -0.205. The lowest BCUT2D eigenvalue weighted by Gasteiger charge is -2.31. The first-order valence-corrected chi connectivity index (χ1v) is 7.24. The molecule has 2 aromatic rings. The predicted molar refractivity (Wildman–Crippen MR) is 85.4 cm³/mol. The van der Waals surface area contributed by atoms with Gasteiger partial charge < -0.3 is 5.73 Å². The molecular weight excluding hydrogens is 263 g/mol. The summed E-state index contributed by atoms with van der Waals surface area (Å²) in [5.74, 6) is -0.205. The zero-order chi connectivity index (χ0) is 15.4. The Kier molecular flexibility index (Phi) is 5.10. The first kappa shape index (κ1) is 15.7. The summed E-state index contributed by atoms with van der Waals surface area (Å²) in [6, 6.07) is 15.2. The molecule has 0 amide bonds. The molecule has 2 unspecified atom stereocenters. The minimum absolute atomic E-state index is 0.0113. The summed E-state index contributed by atoms with van der Waals surface area (Å²) in [6.07, 6.45) is 0. The lowest BCUT2D eigenvalue weighted by molar-refractivity contribution is 0.211. The second kappa shape index (κ2) is 6.83. The van der Waals surface area contributed by atoms with Crippen molar-refractivity contribution >= 4 is 0 Å². The van der Waals surface area contributed by atoms with Crippen LogP contribution in [-0.4, -0.2) is 18.0 Å². The van der Waals surface area contributed by atoms with E-state index in [1.54, 1.807) is 0 Å². The van der Waals surface area contributed by atoms with Crippen LogP contribution in [0.5, 0.6) is 0 Å². The van der Waals surface area contributed by atoms with Gasteiger partial charge in [0.05, 0.1) is 0 Å². The molecule has 0 aliphatic carbocycles. The van der Waals surface area contributed by atoms with Crippen molar-refractivity contribution < 1.29 is 4.39 Å². The quantitative estimate of drug-likeness (QED) is 0.909. The zero-order valence-electron chi connectivity index (χ0n) is 12.9. The van der Waals surface area contributed by atoms with Crippen LogP contribution in [0.15, 0.2) is 48.5 Å². The Morgan fingerprint density at radius 2 is 1.81 bits per heavy atom. The second-order valence-corrected chi connectivity index (χ2v) is 5.76. The Bertz CT molecular complexity index is 578. The molecule has 0 aliphatic heterocycles. The molecule has 2 aromatic carbocycles. The van der Waals surface area contributed by atoms with Crippen molar-refractivity contribution in [1.82, 2.24) is 4.90 Å². The van der Waals surface area contributed by atoms with E-state index in [1.807, 2.05) is 19.1 Å². The third kappa shape index (κ3) is 4.13. The standard InChI is InChI=1S/C18H23FN2/c1-13-5-4-6-16(11-13)18(14(2)20)21(3)12-15-7-9-17(19)10-8-15/h4-11,14,18H,12,20H2,1-3H3. The monoisotopic (exact) mass is 286 g/mol. The van der Waals surface area contributed by atoms with Crippen molar-refractivity contribution in [2.24, 2.45) is 5.73 Å². The number of hydrogen-bond donors (Lipinski definition) is 1. The highest BCUT2D eigenvalue weighted by molar-refractivity contribution is 5.26. The fourth-order valence-electron chi connectivity index (χ4n) is 2.79. The molecule has 112 valence electrons. The number of aryl methyl sites for hydroxylation is 1. The van der Waals surface area contributed by atoms with Gasteiger partial charge in [0.25, 0.3) is 0 Å². The molecule has 0 heterocycles. The van der Waals surface area contributed by atoms with E-state index < -0.39 is 0 Å². The smallest absolute Gasteiger partial charge is 0.123 e. The lowest BCUT2D eigenvalue weighted by atomic mass is 9.97. The topological polar surface area (TPSA) is 29.3 Å². The van der Waals surface area contributed by atoms with E-state index >= 15 is 0 Å². The Morgan fingerprint density at radius 1 is 1.14 bits per heavy atom. The zero-order valence-corrected chi connectivity index (χ0v) is 12.9. The summed E-state index contributed by atoms with van der Waals surface area (Å²) in [5, 5.41) is 0. The van der Waals surface area contributed by atoms with Crippen LogP contribution < -0.4 is 5.73 Å². The van der Waals surface area contributed by atoms with Gasteiger partial charge in [0.2, 0.25) is 0 Å². The number of nitrogens with two attached hydrogens (primary N) is 1. The predicted octanol–water partition coefficient (Wildman–Crippen LogP) is 3.65. The largest absolute Gasteiger partial charge is 0.326 e. The molecule has 0 spiro atoms. The van der Waals surface area contributed by atoms with Gasteiger partial charge in [0, 0.05) is 18.6 Å². The summed E-state index contributed by atoms with van der Waals surface area (Å²) in [4.78, 5) is 2.21. The van der Waals surface area contributed by atoms with Gasteiger partial charge in [0.15, 0.2) is 0 Å². The van der Waals surface area contributed by atoms with Crippen molar-refractivity contribution in [3.05, 3.63) is 71.0 Å². The molecule has 0 saturated carbocycles. The van der Waals surface area contributed by atoms with E-state index in [1.165, 1.54) is 23.3 Å². The summed E-state index contributed by atoms with van der Waals surface area (Å²) in [6.45, 7) is 4.84. The fourth-order valence-corrected chi connectivity index (χ4v) is 2.79. The molecule has 0 radical (unpaired) electrons. The van der Waals surface area contributed by atoms with Crippen LogP contribution in [0.3, 0.4) is 0 Å². The number of hydrogen-bond acceptors (Lipinski definition) is 2.